The molecule has 0 fully saturated rings. The summed E-state index contributed by atoms with van der Waals surface area (Å²) in [6.45, 7) is 8.87. The van der Waals surface area contributed by atoms with Gasteiger partial charge in [0.25, 0.3) is 5.91 Å². The minimum Gasteiger partial charge on any atom is -0.497 e. The number of sulfonamides is 1. The van der Waals surface area contributed by atoms with Gasteiger partial charge in [-0.15, -0.1) is 0 Å². The number of anilines is 2. The van der Waals surface area contributed by atoms with Crippen molar-refractivity contribution in [3.63, 3.8) is 0 Å². The molecule has 0 bridgehead atoms. The van der Waals surface area contributed by atoms with Gasteiger partial charge in [-0.05, 0) is 89.4 Å². The maximum Gasteiger partial charge on any atom is 0.323 e. The van der Waals surface area contributed by atoms with Gasteiger partial charge < -0.3 is 39.4 Å². The molecule has 4 atom stereocenters. The number of nitrogens with zero attached hydrogens (tertiary/aromatic N) is 3. The number of methoxy groups -OCH3 is 1. The maximum absolute atomic E-state index is 14.4. The molecule has 1 aliphatic rings. The molecule has 3 N–H and O–H groups in total. The Morgan fingerprint density at radius 2 is 1.80 bits per heavy atom. The summed E-state index contributed by atoms with van der Waals surface area (Å²) in [5, 5.41) is 19.6. The predicted octanol–water partition coefficient (Wildman–Crippen LogP) is 5.06. The lowest BCUT2D eigenvalue weighted by Gasteiger charge is -2.35. The fourth-order valence-electron chi connectivity index (χ4n) is 5.78. The van der Waals surface area contributed by atoms with Gasteiger partial charge in [0.2, 0.25) is 10.0 Å². The Bertz CT molecular complexity index is 1690. The van der Waals surface area contributed by atoms with Gasteiger partial charge in [-0.2, -0.15) is 4.31 Å². The maximum atomic E-state index is 14.4. The van der Waals surface area contributed by atoms with Gasteiger partial charge in [-0.1, -0.05) is 12.1 Å². The van der Waals surface area contributed by atoms with Crippen molar-refractivity contribution < 1.29 is 41.8 Å². The molecule has 274 valence electrons. The number of ether oxygens (including phenoxy) is 3. The van der Waals surface area contributed by atoms with E-state index in [1.807, 2.05) is 13.8 Å². The molecular weight excluding hydrogens is 666 g/mol. The first-order chi connectivity index (χ1) is 23.7. The zero-order chi connectivity index (χ0) is 36.6. The second kappa shape index (κ2) is 17.2. The molecular formula is C35H49N5O9S. The quantitative estimate of drug-likeness (QED) is 0.272. The van der Waals surface area contributed by atoms with E-state index in [1.165, 1.54) is 16.3 Å². The highest BCUT2D eigenvalue weighted by molar-refractivity contribution is 7.89. The molecule has 4 rings (SSSR count). The van der Waals surface area contributed by atoms with E-state index < -0.39 is 34.1 Å². The zero-order valence-electron chi connectivity index (χ0n) is 29.8. The number of aromatic nitrogens is 1. The molecule has 15 heteroatoms. The lowest BCUT2D eigenvalue weighted by Crippen LogP contribution is -2.48. The second-order valence-corrected chi connectivity index (χ2v) is 14.7. The van der Waals surface area contributed by atoms with Crippen molar-refractivity contribution in [2.45, 2.75) is 77.0 Å². The summed E-state index contributed by atoms with van der Waals surface area (Å²) in [6, 6.07) is 10.6. The monoisotopic (exact) mass is 715 g/mol. The first-order valence-electron chi connectivity index (χ1n) is 16.7. The second-order valence-electron chi connectivity index (χ2n) is 12.8. The molecule has 1 aromatic heterocycles. The third kappa shape index (κ3) is 9.53. The normalized spacial score (nSPS) is 20.0. The molecule has 0 spiro atoms. The molecule has 0 saturated heterocycles. The number of aryl methyl sites for hydroxylation is 2. The molecule has 0 radical (unpaired) electrons. The first-order valence-corrected chi connectivity index (χ1v) is 18.1. The number of likely N-dealkylation sites (N-methyl/N-ethyl adjacent to an activating group) is 1. The van der Waals surface area contributed by atoms with E-state index in [4.69, 9.17) is 18.7 Å². The first kappa shape index (κ1) is 38.6. The molecule has 3 amide bonds. The van der Waals surface area contributed by atoms with Gasteiger partial charge in [-0.25, -0.2) is 13.2 Å². The van der Waals surface area contributed by atoms with Crippen LogP contribution in [0.15, 0.2) is 51.9 Å². The average Bonchev–Trinajstić information content (AvgIpc) is 3.44. The van der Waals surface area contributed by atoms with Crippen LogP contribution in [0.4, 0.5) is 16.2 Å². The topological polar surface area (TPSA) is 173 Å². The van der Waals surface area contributed by atoms with Crippen molar-refractivity contribution in [1.29, 1.82) is 0 Å². The third-order valence-electron chi connectivity index (χ3n) is 8.73. The van der Waals surface area contributed by atoms with Crippen LogP contribution >= 0.6 is 0 Å². The SMILES string of the molecule is COc1ccc(NC(=O)Nc2ccc3c(c2)C(=O)N([C@H](C)CO)C[C@H](C)[C@@H](CN(C)S(=O)(=O)c2c(C)noc2C)OCCCC[C@H](C)O3)cc1. The van der Waals surface area contributed by atoms with E-state index in [9.17, 15) is 23.1 Å². The number of fused-ring (bicyclic) bond motifs is 1. The van der Waals surface area contributed by atoms with Gasteiger partial charge in [0.05, 0.1) is 37.5 Å². The van der Waals surface area contributed by atoms with Crippen molar-refractivity contribution in [3.8, 4) is 11.5 Å². The van der Waals surface area contributed by atoms with Crippen molar-refractivity contribution in [3.05, 3.63) is 59.5 Å². The van der Waals surface area contributed by atoms with Gasteiger partial charge >= 0.3 is 6.03 Å². The molecule has 0 aliphatic carbocycles. The Kier molecular flexibility index (Phi) is 13.3. The zero-order valence-corrected chi connectivity index (χ0v) is 30.6. The van der Waals surface area contributed by atoms with Crippen LogP contribution in [0.3, 0.4) is 0 Å². The highest BCUT2D eigenvalue weighted by Crippen LogP contribution is 2.29. The average molecular weight is 716 g/mol. The van der Waals surface area contributed by atoms with Crippen molar-refractivity contribution in [2.24, 2.45) is 5.92 Å². The smallest absolute Gasteiger partial charge is 0.323 e. The molecule has 2 aromatic carbocycles. The predicted molar refractivity (Wildman–Crippen MR) is 188 cm³/mol. The minimum absolute atomic E-state index is 0.0105. The summed E-state index contributed by atoms with van der Waals surface area (Å²) < 4.78 is 51.3. The summed E-state index contributed by atoms with van der Waals surface area (Å²) in [6.07, 6.45) is 1.33. The number of benzene rings is 2. The van der Waals surface area contributed by atoms with Gasteiger partial charge in [0.1, 0.15) is 22.1 Å². The number of carbonyl (C=O) groups is 2. The number of amides is 3. The van der Waals surface area contributed by atoms with E-state index in [2.05, 4.69) is 15.8 Å². The van der Waals surface area contributed by atoms with Crippen LogP contribution in [-0.4, -0.2) is 98.5 Å². The fraction of sp³-hybridized carbons (Fsp3) is 0.514. The molecule has 2 heterocycles. The Labute approximate surface area is 294 Å². The number of carbonyl (C=O) groups excluding carboxylic acids is 2. The number of aliphatic hydroxyl groups excluding tert-OH is 1. The highest BCUT2D eigenvalue weighted by atomic mass is 32.2. The fourth-order valence-corrected chi connectivity index (χ4v) is 7.25. The van der Waals surface area contributed by atoms with Gasteiger partial charge in [0.15, 0.2) is 5.76 Å². The number of nitrogens with one attached hydrogen (secondary N) is 2. The molecule has 14 nitrogen and oxygen atoms in total. The standard InChI is InChI=1S/C35H49N5O9S/c1-22-19-40(23(2)21-41)34(42)30-18-28(37-35(43)36-27-11-14-29(46-7)15-12-27)13-16-31(30)48-24(3)10-8-9-17-47-32(22)20-39(6)50(44,45)33-25(4)38-49-26(33)5/h11-16,18,22-24,32,41H,8-10,17,19-21H2,1-7H3,(H2,36,37,43)/t22-,23+,24-,32+/m0/s1. The van der Waals surface area contributed by atoms with E-state index in [-0.39, 0.29) is 53.6 Å². The van der Waals surface area contributed by atoms with Crippen LogP contribution in [0.25, 0.3) is 0 Å². The van der Waals surface area contributed by atoms with Crippen LogP contribution in [0.5, 0.6) is 11.5 Å². The number of aliphatic hydroxyl groups is 1. The lowest BCUT2D eigenvalue weighted by molar-refractivity contribution is -0.00835. The van der Waals surface area contributed by atoms with Crippen molar-refractivity contribution in [1.82, 2.24) is 14.4 Å². The van der Waals surface area contributed by atoms with E-state index in [1.54, 1.807) is 70.3 Å². The molecule has 3 aromatic rings. The van der Waals surface area contributed by atoms with E-state index in [0.29, 0.717) is 42.3 Å². The van der Waals surface area contributed by atoms with Crippen molar-refractivity contribution >= 4 is 33.3 Å². The van der Waals surface area contributed by atoms with Crippen LogP contribution in [0, 0.1) is 19.8 Å². The van der Waals surface area contributed by atoms with Crippen LogP contribution in [-0.2, 0) is 14.8 Å². The lowest BCUT2D eigenvalue weighted by atomic mass is 10.0. The molecule has 0 unspecified atom stereocenters. The van der Waals surface area contributed by atoms with Crippen LogP contribution < -0.4 is 20.1 Å². The minimum atomic E-state index is -3.96. The largest absolute Gasteiger partial charge is 0.497 e. The number of hydrogen-bond donors (Lipinski definition) is 3. The Morgan fingerprint density at radius 1 is 1.12 bits per heavy atom. The van der Waals surface area contributed by atoms with Crippen LogP contribution in [0.2, 0.25) is 0 Å². The summed E-state index contributed by atoms with van der Waals surface area (Å²) in [7, 11) is -0.917. The summed E-state index contributed by atoms with van der Waals surface area (Å²) in [4.78, 5) is 28.9. The van der Waals surface area contributed by atoms with E-state index in [0.717, 1.165) is 6.42 Å². The Balaban J connectivity index is 1.62. The summed E-state index contributed by atoms with van der Waals surface area (Å²) >= 11 is 0. The molecule has 0 saturated carbocycles. The molecule has 50 heavy (non-hydrogen) atoms. The number of rotatable bonds is 9. The molecule has 1 aliphatic heterocycles. The number of urea groups is 1. The van der Waals surface area contributed by atoms with Crippen molar-refractivity contribution in [2.75, 3.05) is 51.1 Å². The summed E-state index contributed by atoms with van der Waals surface area (Å²) in [5.41, 5.74) is 1.38. The number of hydrogen-bond acceptors (Lipinski definition) is 10. The van der Waals surface area contributed by atoms with E-state index >= 15 is 0 Å². The van der Waals surface area contributed by atoms with Gasteiger partial charge in [-0.3, -0.25) is 4.79 Å². The Hall–Kier alpha value is -4.18. The highest BCUT2D eigenvalue weighted by Gasteiger charge is 2.34. The Morgan fingerprint density at radius 3 is 2.44 bits per heavy atom. The third-order valence-corrected chi connectivity index (χ3v) is 10.8. The van der Waals surface area contributed by atoms with Gasteiger partial charge in [0, 0.05) is 44.0 Å². The summed E-state index contributed by atoms with van der Waals surface area (Å²) in [5.74, 6) is 0.412. The van der Waals surface area contributed by atoms with Crippen LogP contribution in [0.1, 0.15) is 61.8 Å².